The monoisotopic (exact) mass is 324 g/mol. The summed E-state index contributed by atoms with van der Waals surface area (Å²) in [6.07, 6.45) is 1.70. The molecule has 0 saturated heterocycles. The Kier molecular flexibility index (Phi) is 7.16. The number of nitrogens with zero attached hydrogens (tertiary/aromatic N) is 1. The van der Waals surface area contributed by atoms with Crippen LogP contribution in [0.25, 0.3) is 0 Å². The van der Waals surface area contributed by atoms with Crippen LogP contribution >= 0.6 is 0 Å². The predicted molar refractivity (Wildman–Crippen MR) is 96.7 cm³/mol. The summed E-state index contributed by atoms with van der Waals surface area (Å²) in [4.78, 5) is 11.3. The van der Waals surface area contributed by atoms with E-state index in [-0.39, 0.29) is 5.56 Å². The van der Waals surface area contributed by atoms with Gasteiger partial charge >= 0.3 is 5.97 Å². The Morgan fingerprint density at radius 1 is 1.42 bits per heavy atom. The molecule has 0 fully saturated rings. The highest BCUT2D eigenvalue weighted by molar-refractivity contribution is 5.87. The van der Waals surface area contributed by atoms with Crippen LogP contribution in [0.2, 0.25) is 0 Å². The van der Waals surface area contributed by atoms with Crippen molar-refractivity contribution in [3.63, 3.8) is 0 Å². The maximum Gasteiger partial charge on any atom is 0.335 e. The highest BCUT2D eigenvalue weighted by atomic mass is 16.4. The van der Waals surface area contributed by atoms with E-state index >= 15 is 0 Å². The third kappa shape index (κ3) is 4.43. The lowest BCUT2D eigenvalue weighted by molar-refractivity contribution is 0.0696. The Balaban J connectivity index is 3.58. The number of carboxylic acids is 1. The molecule has 0 saturated carbocycles. The van der Waals surface area contributed by atoms with Crippen molar-refractivity contribution in [1.82, 2.24) is 0 Å². The van der Waals surface area contributed by atoms with Crippen LogP contribution < -0.4 is 5.73 Å². The van der Waals surface area contributed by atoms with Gasteiger partial charge in [0.05, 0.1) is 11.6 Å². The number of benzene rings is 1. The van der Waals surface area contributed by atoms with Crippen molar-refractivity contribution in [3.8, 4) is 6.07 Å². The minimum Gasteiger partial charge on any atom is -0.478 e. The van der Waals surface area contributed by atoms with E-state index in [1.807, 2.05) is 13.0 Å². The zero-order valence-corrected chi connectivity index (χ0v) is 14.3. The average molecular weight is 324 g/mol. The Bertz CT molecular complexity index is 723. The third-order valence-electron chi connectivity index (χ3n) is 3.95. The lowest BCUT2D eigenvalue weighted by atomic mass is 9.78. The molecule has 0 heterocycles. The van der Waals surface area contributed by atoms with Crippen LogP contribution in [0.4, 0.5) is 0 Å². The molecule has 1 aromatic carbocycles. The zero-order chi connectivity index (χ0) is 18.3. The van der Waals surface area contributed by atoms with Crippen LogP contribution in [-0.2, 0) is 0 Å². The van der Waals surface area contributed by atoms with Crippen molar-refractivity contribution in [2.24, 2.45) is 5.73 Å². The summed E-state index contributed by atoms with van der Waals surface area (Å²) in [5, 5.41) is 18.6. The van der Waals surface area contributed by atoms with E-state index < -0.39 is 11.9 Å². The molecule has 4 heteroatoms. The number of rotatable bonds is 8. The Hall–Kier alpha value is -2.64. The van der Waals surface area contributed by atoms with E-state index in [4.69, 9.17) is 5.73 Å². The number of carbonyl (C=O) groups is 1. The lowest BCUT2D eigenvalue weighted by Crippen LogP contribution is -2.13. The summed E-state index contributed by atoms with van der Waals surface area (Å²) in [6, 6.07) is 8.70. The number of hydrogen-bond acceptors (Lipinski definition) is 3. The second-order valence-corrected chi connectivity index (χ2v) is 5.75. The van der Waals surface area contributed by atoms with Gasteiger partial charge in [-0.3, -0.25) is 0 Å². The van der Waals surface area contributed by atoms with Crippen LogP contribution in [-0.4, -0.2) is 17.6 Å². The second kappa shape index (κ2) is 8.85. The van der Waals surface area contributed by atoms with Crippen LogP contribution in [0, 0.1) is 11.3 Å². The molecule has 0 aliphatic carbocycles. The van der Waals surface area contributed by atoms with Crippen LogP contribution in [0.15, 0.2) is 59.7 Å². The minimum absolute atomic E-state index is 0.175. The molecule has 0 aromatic heterocycles. The van der Waals surface area contributed by atoms with E-state index in [1.54, 1.807) is 12.1 Å². The van der Waals surface area contributed by atoms with Crippen LogP contribution in [0.3, 0.4) is 0 Å². The summed E-state index contributed by atoms with van der Waals surface area (Å²) < 4.78 is 0. The molecule has 0 aliphatic rings. The number of nitrogens with two attached hydrogens (primary N) is 1. The van der Waals surface area contributed by atoms with Gasteiger partial charge in [-0.05, 0) is 36.6 Å². The topological polar surface area (TPSA) is 87.1 Å². The molecule has 126 valence electrons. The van der Waals surface area contributed by atoms with Gasteiger partial charge in [-0.25, -0.2) is 4.79 Å². The maximum atomic E-state index is 11.3. The van der Waals surface area contributed by atoms with Gasteiger partial charge in [0, 0.05) is 18.0 Å². The van der Waals surface area contributed by atoms with Crippen molar-refractivity contribution in [2.45, 2.75) is 32.6 Å². The Labute approximate surface area is 143 Å². The van der Waals surface area contributed by atoms with Gasteiger partial charge in [-0.2, -0.15) is 5.26 Å². The smallest absolute Gasteiger partial charge is 0.335 e. The highest BCUT2D eigenvalue weighted by Crippen LogP contribution is 2.38. The van der Waals surface area contributed by atoms with Gasteiger partial charge < -0.3 is 10.8 Å². The van der Waals surface area contributed by atoms with E-state index in [9.17, 15) is 15.2 Å². The normalized spacial score (nSPS) is 12.8. The van der Waals surface area contributed by atoms with E-state index in [2.05, 4.69) is 26.2 Å². The lowest BCUT2D eigenvalue weighted by Gasteiger charge is -2.24. The van der Waals surface area contributed by atoms with E-state index in [1.165, 1.54) is 6.07 Å². The summed E-state index contributed by atoms with van der Waals surface area (Å²) in [6.45, 7) is 12.3. The van der Waals surface area contributed by atoms with Gasteiger partial charge in [0.2, 0.25) is 0 Å². The molecule has 24 heavy (non-hydrogen) atoms. The number of aromatic carboxylic acids is 1. The van der Waals surface area contributed by atoms with Crippen LogP contribution in [0.5, 0.6) is 0 Å². The number of hydrogen-bond donors (Lipinski definition) is 2. The quantitative estimate of drug-likeness (QED) is 0.554. The molecule has 0 radical (unpaired) electrons. The zero-order valence-electron chi connectivity index (χ0n) is 14.3. The van der Waals surface area contributed by atoms with Crippen molar-refractivity contribution in [1.29, 1.82) is 5.26 Å². The molecule has 0 aliphatic heterocycles. The van der Waals surface area contributed by atoms with Crippen molar-refractivity contribution < 1.29 is 9.90 Å². The highest BCUT2D eigenvalue weighted by Gasteiger charge is 2.24. The first-order valence-corrected chi connectivity index (χ1v) is 7.87. The largest absolute Gasteiger partial charge is 0.478 e. The molecule has 0 amide bonds. The fraction of sp³-hybridized carbons (Fsp3) is 0.300. The number of nitriles is 1. The molecule has 4 nitrogen and oxygen atoms in total. The van der Waals surface area contributed by atoms with E-state index in [0.29, 0.717) is 17.7 Å². The van der Waals surface area contributed by atoms with Crippen molar-refractivity contribution in [2.75, 3.05) is 6.54 Å². The van der Waals surface area contributed by atoms with Gasteiger partial charge in [0.1, 0.15) is 0 Å². The van der Waals surface area contributed by atoms with Gasteiger partial charge in [0.25, 0.3) is 0 Å². The molecule has 1 rings (SSSR count). The first-order chi connectivity index (χ1) is 11.4. The van der Waals surface area contributed by atoms with E-state index in [0.717, 1.165) is 29.6 Å². The number of carboxylic acid groups (broad SMARTS) is 1. The standard InChI is InChI=1S/C20H24N2O2/c1-5-7-13(2)18(14(3)11-21)19(15(4)12-22)16-8-6-9-17(10-16)20(23)24/h6,8-10,19H,2,4-5,7,11,21H2,1,3H3,(H,23,24)/b18-14-. The fourth-order valence-electron chi connectivity index (χ4n) is 2.76. The van der Waals surface area contributed by atoms with Crippen molar-refractivity contribution >= 4 is 5.97 Å². The summed E-state index contributed by atoms with van der Waals surface area (Å²) in [7, 11) is 0. The molecule has 1 unspecified atom stereocenters. The molecular weight excluding hydrogens is 300 g/mol. The van der Waals surface area contributed by atoms with Crippen molar-refractivity contribution in [3.05, 3.63) is 70.8 Å². The fourth-order valence-corrected chi connectivity index (χ4v) is 2.76. The van der Waals surface area contributed by atoms with Gasteiger partial charge in [0.15, 0.2) is 0 Å². The molecule has 1 atom stereocenters. The van der Waals surface area contributed by atoms with Gasteiger partial charge in [-0.1, -0.05) is 49.8 Å². The maximum absolute atomic E-state index is 11.3. The average Bonchev–Trinajstić information content (AvgIpc) is 2.58. The minimum atomic E-state index is -1.01. The number of allylic oxidation sites excluding steroid dienone is 3. The SMILES string of the molecule is C=C(CCC)/C(=C(\C)CN)C(C(=C)C#N)c1cccc(C(=O)O)c1. The molecule has 0 spiro atoms. The van der Waals surface area contributed by atoms with Gasteiger partial charge in [-0.15, -0.1) is 0 Å². The second-order valence-electron chi connectivity index (χ2n) is 5.75. The molecule has 0 bridgehead atoms. The summed E-state index contributed by atoms with van der Waals surface area (Å²) >= 11 is 0. The van der Waals surface area contributed by atoms with Crippen LogP contribution in [0.1, 0.15) is 48.5 Å². The molecule has 3 N–H and O–H groups in total. The summed E-state index contributed by atoms with van der Waals surface area (Å²) in [5.74, 6) is -1.44. The Morgan fingerprint density at radius 3 is 2.58 bits per heavy atom. The predicted octanol–water partition coefficient (Wildman–Crippen LogP) is 4.18. The molecule has 1 aromatic rings. The molecular formula is C20H24N2O2. The third-order valence-corrected chi connectivity index (χ3v) is 3.95. The Morgan fingerprint density at radius 2 is 2.08 bits per heavy atom. The first kappa shape index (κ1) is 19.4. The first-order valence-electron chi connectivity index (χ1n) is 7.87. The summed E-state index contributed by atoms with van der Waals surface area (Å²) in [5.41, 5.74) is 9.78.